The second kappa shape index (κ2) is 15.8. The van der Waals surface area contributed by atoms with Crippen molar-refractivity contribution < 1.29 is 0 Å². The van der Waals surface area contributed by atoms with Crippen LogP contribution in [0.1, 0.15) is 90.9 Å². The monoisotopic (exact) mass is 406 g/mol. The third kappa shape index (κ3) is 11.2. The van der Waals surface area contributed by atoms with E-state index in [0.717, 1.165) is 0 Å². The molecule has 1 aromatic heterocycles. The number of unbranched alkanes of at least 4 members (excludes halogenated alkanes) is 10. The first-order valence-electron chi connectivity index (χ1n) is 9.67. The molecule has 140 valence electrons. The second-order valence-corrected chi connectivity index (χ2v) is 11.2. The van der Waals surface area contributed by atoms with Crippen LogP contribution >= 0.6 is 46.2 Å². The van der Waals surface area contributed by atoms with Crippen LogP contribution in [0.15, 0.2) is 13.2 Å². The summed E-state index contributed by atoms with van der Waals surface area (Å²) in [5.74, 6) is 2.34. The first-order valence-corrected chi connectivity index (χ1v) is 13.3. The molecule has 0 radical (unpaired) electrons. The van der Waals surface area contributed by atoms with E-state index in [2.05, 4.69) is 13.8 Å². The van der Waals surface area contributed by atoms with Gasteiger partial charge in [-0.25, -0.2) is 0 Å². The SMILES string of the molecule is CCCCCCCCSc1sc(=O)sc1SCCCCCCCC. The van der Waals surface area contributed by atoms with Crippen molar-refractivity contribution in [3.05, 3.63) is 8.85 Å². The maximum atomic E-state index is 11.7. The van der Waals surface area contributed by atoms with Crippen molar-refractivity contribution in [2.24, 2.45) is 0 Å². The van der Waals surface area contributed by atoms with Gasteiger partial charge < -0.3 is 0 Å². The van der Waals surface area contributed by atoms with Gasteiger partial charge in [0.25, 0.3) is 4.06 Å². The lowest BCUT2D eigenvalue weighted by Gasteiger charge is -2.03. The first kappa shape index (κ1) is 22.6. The number of hydrogen-bond donors (Lipinski definition) is 0. The molecule has 0 saturated carbocycles. The van der Waals surface area contributed by atoms with Crippen molar-refractivity contribution >= 4 is 46.2 Å². The van der Waals surface area contributed by atoms with Crippen LogP contribution in [0, 0.1) is 0 Å². The Balaban J connectivity index is 2.16. The Bertz CT molecular complexity index is 414. The van der Waals surface area contributed by atoms with Crippen LogP contribution in [0.3, 0.4) is 0 Å². The molecule has 1 rings (SSSR count). The van der Waals surface area contributed by atoms with Crippen LogP contribution in [0.25, 0.3) is 0 Å². The minimum absolute atomic E-state index is 0.269. The standard InChI is InChI=1S/C19H34OS4/c1-3-5-7-9-11-13-15-21-17-18(24-19(20)23-17)22-16-14-12-10-8-6-4-2/h3-16H2,1-2H3. The predicted molar refractivity (Wildman–Crippen MR) is 117 cm³/mol. The molecular formula is C19H34OS4. The molecule has 1 aromatic rings. The molecule has 0 saturated heterocycles. The van der Waals surface area contributed by atoms with Gasteiger partial charge in [-0.15, -0.1) is 23.5 Å². The Kier molecular flexibility index (Phi) is 14.9. The van der Waals surface area contributed by atoms with Crippen molar-refractivity contribution in [2.45, 2.75) is 99.3 Å². The summed E-state index contributed by atoms with van der Waals surface area (Å²) >= 11 is 6.76. The molecule has 0 aliphatic rings. The lowest BCUT2D eigenvalue weighted by Crippen LogP contribution is -1.83. The fourth-order valence-electron chi connectivity index (χ4n) is 2.53. The topological polar surface area (TPSA) is 17.1 Å². The van der Waals surface area contributed by atoms with Gasteiger partial charge in [-0.3, -0.25) is 4.79 Å². The van der Waals surface area contributed by atoms with Crippen molar-refractivity contribution in [1.29, 1.82) is 0 Å². The summed E-state index contributed by atoms with van der Waals surface area (Å²) in [6, 6.07) is 0. The molecule has 0 fully saturated rings. The fraction of sp³-hybridized carbons (Fsp3) is 0.842. The summed E-state index contributed by atoms with van der Waals surface area (Å²) in [6.07, 6.45) is 16.1. The average Bonchev–Trinajstić information content (AvgIpc) is 2.93. The first-order chi connectivity index (χ1) is 11.8. The van der Waals surface area contributed by atoms with E-state index in [1.54, 1.807) is 0 Å². The summed E-state index contributed by atoms with van der Waals surface area (Å²) < 4.78 is 2.84. The second-order valence-electron chi connectivity index (χ2n) is 6.26. The Hall–Kier alpha value is 0.550. The van der Waals surface area contributed by atoms with E-state index >= 15 is 0 Å². The van der Waals surface area contributed by atoms with Crippen molar-refractivity contribution in [1.82, 2.24) is 0 Å². The van der Waals surface area contributed by atoms with E-state index in [4.69, 9.17) is 0 Å². The lowest BCUT2D eigenvalue weighted by atomic mass is 10.1. The van der Waals surface area contributed by atoms with E-state index in [1.807, 2.05) is 23.5 Å². The van der Waals surface area contributed by atoms with Gasteiger partial charge in [0.05, 0.1) is 8.42 Å². The van der Waals surface area contributed by atoms with E-state index in [0.29, 0.717) is 0 Å². The molecule has 0 spiro atoms. The van der Waals surface area contributed by atoms with Gasteiger partial charge in [0.2, 0.25) is 0 Å². The molecule has 0 aliphatic heterocycles. The summed E-state index contributed by atoms with van der Waals surface area (Å²) in [5.41, 5.74) is 0. The largest absolute Gasteiger partial charge is 0.289 e. The molecule has 0 aliphatic carbocycles. The molecule has 0 atom stereocenters. The predicted octanol–water partition coefficient (Wildman–Crippen LogP) is 8.08. The van der Waals surface area contributed by atoms with Crippen LogP contribution in [-0.2, 0) is 0 Å². The maximum Gasteiger partial charge on any atom is 0.289 e. The molecule has 0 unspecified atom stereocenters. The molecular weight excluding hydrogens is 372 g/mol. The van der Waals surface area contributed by atoms with Crippen molar-refractivity contribution in [3.63, 3.8) is 0 Å². The molecule has 5 heteroatoms. The van der Waals surface area contributed by atoms with Crippen molar-refractivity contribution in [3.8, 4) is 0 Å². The van der Waals surface area contributed by atoms with Gasteiger partial charge >= 0.3 is 0 Å². The smallest absolute Gasteiger partial charge is 0.265 e. The highest BCUT2D eigenvalue weighted by Gasteiger charge is 2.10. The van der Waals surface area contributed by atoms with Crippen LogP contribution in [0.2, 0.25) is 0 Å². The quantitative estimate of drug-likeness (QED) is 0.204. The number of rotatable bonds is 16. The zero-order valence-electron chi connectivity index (χ0n) is 15.4. The minimum Gasteiger partial charge on any atom is -0.265 e. The highest BCUT2D eigenvalue weighted by molar-refractivity contribution is 8.04. The third-order valence-electron chi connectivity index (χ3n) is 3.98. The van der Waals surface area contributed by atoms with Gasteiger partial charge in [0.1, 0.15) is 0 Å². The Morgan fingerprint density at radius 3 is 1.42 bits per heavy atom. The van der Waals surface area contributed by atoms with E-state index < -0.39 is 0 Å². The summed E-state index contributed by atoms with van der Waals surface area (Å²) in [5, 5.41) is 0. The number of thioether (sulfide) groups is 2. The van der Waals surface area contributed by atoms with Crippen molar-refractivity contribution in [2.75, 3.05) is 11.5 Å². The molecule has 0 aromatic carbocycles. The summed E-state index contributed by atoms with van der Waals surface area (Å²) in [7, 11) is 0. The van der Waals surface area contributed by atoms with Gasteiger partial charge in [-0.1, -0.05) is 101 Å². The molecule has 0 bridgehead atoms. The molecule has 0 amide bonds. The fourth-order valence-corrected chi connectivity index (χ4v) is 7.92. The summed E-state index contributed by atoms with van der Waals surface area (Å²) in [4.78, 5) is 11.7. The highest BCUT2D eigenvalue weighted by Crippen LogP contribution is 2.37. The molecule has 1 nitrogen and oxygen atoms in total. The zero-order valence-corrected chi connectivity index (χ0v) is 18.7. The zero-order chi connectivity index (χ0) is 17.5. The minimum atomic E-state index is 0.269. The normalized spacial score (nSPS) is 11.2. The maximum absolute atomic E-state index is 11.7. The molecule has 24 heavy (non-hydrogen) atoms. The van der Waals surface area contributed by atoms with Crippen LogP contribution < -0.4 is 4.06 Å². The summed E-state index contributed by atoms with van der Waals surface area (Å²) in [6.45, 7) is 4.53. The Labute approximate surface area is 165 Å². The van der Waals surface area contributed by atoms with Gasteiger partial charge in [0, 0.05) is 0 Å². The lowest BCUT2D eigenvalue weighted by molar-refractivity contribution is 0.627. The van der Waals surface area contributed by atoms with E-state index in [9.17, 15) is 4.79 Å². The van der Waals surface area contributed by atoms with E-state index in [1.165, 1.54) is 120 Å². The highest BCUT2D eigenvalue weighted by atomic mass is 32.2. The number of hydrogen-bond acceptors (Lipinski definition) is 5. The third-order valence-corrected chi connectivity index (χ3v) is 9.24. The Morgan fingerprint density at radius 2 is 1.00 bits per heavy atom. The van der Waals surface area contributed by atoms with Crippen LogP contribution in [0.4, 0.5) is 0 Å². The van der Waals surface area contributed by atoms with Gasteiger partial charge in [-0.2, -0.15) is 0 Å². The van der Waals surface area contributed by atoms with Gasteiger partial charge in [0.15, 0.2) is 0 Å². The van der Waals surface area contributed by atoms with Crippen LogP contribution in [0.5, 0.6) is 0 Å². The van der Waals surface area contributed by atoms with E-state index in [-0.39, 0.29) is 4.06 Å². The molecule has 0 N–H and O–H groups in total. The average molecular weight is 407 g/mol. The van der Waals surface area contributed by atoms with Crippen LogP contribution in [-0.4, -0.2) is 11.5 Å². The Morgan fingerprint density at radius 1 is 0.625 bits per heavy atom. The van der Waals surface area contributed by atoms with Gasteiger partial charge in [-0.05, 0) is 24.3 Å². The molecule has 1 heterocycles.